The molecule has 0 aliphatic rings. The Bertz CT molecular complexity index is 836. The number of aromatic amines is 2. The van der Waals surface area contributed by atoms with Crippen molar-refractivity contribution in [2.75, 3.05) is 0 Å². The van der Waals surface area contributed by atoms with Crippen molar-refractivity contribution < 1.29 is 22.5 Å². The van der Waals surface area contributed by atoms with Crippen LogP contribution >= 0.6 is 0 Å². The van der Waals surface area contributed by atoms with Crippen LogP contribution in [0.15, 0.2) is 15.7 Å². The standard InChI is InChI=1S/C9H3F4N3O4/c10-2-1-3-5(15-8(18)7(17)14-3)6(16(19)20)4(2)9(11,12)13/h1H,(H,14,17)(H,15,18). The molecular weight excluding hydrogens is 290 g/mol. The Morgan fingerprint density at radius 3 is 2.20 bits per heavy atom. The van der Waals surface area contributed by atoms with Gasteiger partial charge in [0.2, 0.25) is 0 Å². The zero-order chi connectivity index (χ0) is 15.2. The van der Waals surface area contributed by atoms with E-state index in [0.29, 0.717) is 0 Å². The van der Waals surface area contributed by atoms with E-state index in [2.05, 4.69) is 0 Å². The number of hydrogen-bond acceptors (Lipinski definition) is 4. The first-order chi connectivity index (χ1) is 9.12. The van der Waals surface area contributed by atoms with Crippen molar-refractivity contribution in [1.82, 2.24) is 9.97 Å². The maximum Gasteiger partial charge on any atom is 0.425 e. The molecule has 2 N–H and O–H groups in total. The zero-order valence-corrected chi connectivity index (χ0v) is 9.17. The number of fused-ring (bicyclic) bond motifs is 1. The Hall–Kier alpha value is -2.72. The predicted molar refractivity (Wildman–Crippen MR) is 56.8 cm³/mol. The van der Waals surface area contributed by atoms with Crippen molar-refractivity contribution >= 4 is 16.7 Å². The number of nitrogens with zero attached hydrogens (tertiary/aromatic N) is 1. The van der Waals surface area contributed by atoms with E-state index in [0.717, 1.165) is 0 Å². The number of halogens is 4. The van der Waals surface area contributed by atoms with Crippen LogP contribution < -0.4 is 11.1 Å². The summed E-state index contributed by atoms with van der Waals surface area (Å²) in [6.07, 6.45) is -5.34. The number of nitrogens with one attached hydrogen (secondary N) is 2. The van der Waals surface area contributed by atoms with Gasteiger partial charge in [-0.25, -0.2) is 4.39 Å². The molecule has 1 heterocycles. The van der Waals surface area contributed by atoms with Gasteiger partial charge in [-0.3, -0.25) is 19.7 Å². The second-order valence-electron chi connectivity index (χ2n) is 3.67. The summed E-state index contributed by atoms with van der Waals surface area (Å²) in [5.74, 6) is -1.93. The van der Waals surface area contributed by atoms with Crippen LogP contribution in [-0.2, 0) is 6.18 Å². The number of hydrogen-bond donors (Lipinski definition) is 2. The first-order valence-corrected chi connectivity index (χ1v) is 4.83. The highest BCUT2D eigenvalue weighted by Gasteiger charge is 2.43. The number of nitro benzene ring substituents is 1. The van der Waals surface area contributed by atoms with E-state index in [1.54, 1.807) is 9.97 Å². The zero-order valence-electron chi connectivity index (χ0n) is 9.17. The Labute approximate surface area is 105 Å². The monoisotopic (exact) mass is 293 g/mol. The number of H-pyrrole nitrogens is 2. The van der Waals surface area contributed by atoms with E-state index in [1.165, 1.54) is 0 Å². The van der Waals surface area contributed by atoms with Gasteiger partial charge in [-0.15, -0.1) is 0 Å². The molecule has 0 spiro atoms. The predicted octanol–water partition coefficient (Wildman–Crippen LogP) is 1.28. The number of rotatable bonds is 1. The Kier molecular flexibility index (Phi) is 2.84. The lowest BCUT2D eigenvalue weighted by molar-refractivity contribution is -0.386. The first-order valence-electron chi connectivity index (χ1n) is 4.83. The third kappa shape index (κ3) is 2.02. The van der Waals surface area contributed by atoms with Crippen molar-refractivity contribution in [2.45, 2.75) is 6.18 Å². The van der Waals surface area contributed by atoms with Gasteiger partial charge in [0.05, 0.1) is 10.4 Å². The molecule has 0 saturated heterocycles. The minimum Gasteiger partial charge on any atom is -0.316 e. The lowest BCUT2D eigenvalue weighted by Gasteiger charge is -2.10. The molecule has 0 aliphatic carbocycles. The molecule has 20 heavy (non-hydrogen) atoms. The third-order valence-electron chi connectivity index (χ3n) is 2.41. The Morgan fingerprint density at radius 2 is 1.70 bits per heavy atom. The second-order valence-corrected chi connectivity index (χ2v) is 3.67. The molecule has 106 valence electrons. The van der Waals surface area contributed by atoms with Crippen LogP contribution in [0.2, 0.25) is 0 Å². The number of alkyl halides is 3. The summed E-state index contributed by atoms with van der Waals surface area (Å²) >= 11 is 0. The molecule has 0 saturated carbocycles. The van der Waals surface area contributed by atoms with E-state index in [1.807, 2.05) is 0 Å². The van der Waals surface area contributed by atoms with Gasteiger partial charge in [-0.05, 0) is 0 Å². The molecule has 2 rings (SSSR count). The fraction of sp³-hybridized carbons (Fsp3) is 0.111. The van der Waals surface area contributed by atoms with Crippen LogP contribution in [0, 0.1) is 15.9 Å². The third-order valence-corrected chi connectivity index (χ3v) is 2.41. The largest absolute Gasteiger partial charge is 0.425 e. The van der Waals surface area contributed by atoms with Crippen LogP contribution in [0.4, 0.5) is 23.2 Å². The van der Waals surface area contributed by atoms with Crippen molar-refractivity contribution in [3.63, 3.8) is 0 Å². The lowest BCUT2D eigenvalue weighted by Crippen LogP contribution is -2.29. The van der Waals surface area contributed by atoms with Gasteiger partial charge in [0.15, 0.2) is 5.56 Å². The summed E-state index contributed by atoms with van der Waals surface area (Å²) < 4.78 is 51.4. The van der Waals surface area contributed by atoms with Gasteiger partial charge in [-0.1, -0.05) is 0 Å². The average molecular weight is 293 g/mol. The Balaban J connectivity index is 3.10. The molecule has 0 atom stereocenters. The SMILES string of the molecule is O=c1[nH]c2cc(F)c(C(F)(F)F)c([N+](=O)[O-])c2[nH]c1=O. The molecule has 0 fully saturated rings. The van der Waals surface area contributed by atoms with Crippen molar-refractivity contribution in [3.05, 3.63) is 48.3 Å². The fourth-order valence-corrected chi connectivity index (χ4v) is 1.66. The Morgan fingerprint density at radius 1 is 1.15 bits per heavy atom. The molecule has 1 aromatic heterocycles. The summed E-state index contributed by atoms with van der Waals surface area (Å²) in [5.41, 5.74) is -7.98. The summed E-state index contributed by atoms with van der Waals surface area (Å²) in [7, 11) is 0. The van der Waals surface area contributed by atoms with E-state index < -0.39 is 50.3 Å². The van der Waals surface area contributed by atoms with Crippen LogP contribution in [0.1, 0.15) is 5.56 Å². The maximum absolute atomic E-state index is 13.4. The van der Waals surface area contributed by atoms with Gasteiger partial charge in [-0.2, -0.15) is 13.2 Å². The van der Waals surface area contributed by atoms with Crippen LogP contribution in [0.3, 0.4) is 0 Å². The fourth-order valence-electron chi connectivity index (χ4n) is 1.66. The minimum absolute atomic E-state index is 0.252. The average Bonchev–Trinajstić information content (AvgIpc) is 2.28. The molecule has 0 aliphatic heterocycles. The molecule has 2 aromatic rings. The molecule has 11 heteroatoms. The highest BCUT2D eigenvalue weighted by atomic mass is 19.4. The van der Waals surface area contributed by atoms with Gasteiger partial charge >= 0.3 is 23.0 Å². The van der Waals surface area contributed by atoms with Crippen LogP contribution in [-0.4, -0.2) is 14.9 Å². The normalized spacial score (nSPS) is 11.8. The minimum atomic E-state index is -5.34. The van der Waals surface area contributed by atoms with Crippen molar-refractivity contribution in [2.24, 2.45) is 0 Å². The lowest BCUT2D eigenvalue weighted by atomic mass is 10.1. The number of aromatic nitrogens is 2. The summed E-state index contributed by atoms with van der Waals surface area (Å²) in [6, 6.07) is 0.252. The molecule has 0 bridgehead atoms. The van der Waals surface area contributed by atoms with E-state index in [-0.39, 0.29) is 6.07 Å². The molecule has 0 radical (unpaired) electrons. The van der Waals surface area contributed by atoms with Crippen LogP contribution in [0.5, 0.6) is 0 Å². The first kappa shape index (κ1) is 13.7. The number of nitro groups is 1. The summed E-state index contributed by atoms with van der Waals surface area (Å²) in [6.45, 7) is 0. The van der Waals surface area contributed by atoms with E-state index >= 15 is 0 Å². The van der Waals surface area contributed by atoms with Gasteiger partial charge in [0.1, 0.15) is 11.3 Å². The van der Waals surface area contributed by atoms with E-state index in [4.69, 9.17) is 0 Å². The second kappa shape index (κ2) is 4.15. The maximum atomic E-state index is 13.4. The molecule has 0 unspecified atom stereocenters. The quantitative estimate of drug-likeness (QED) is 0.357. The van der Waals surface area contributed by atoms with Crippen molar-refractivity contribution in [1.29, 1.82) is 0 Å². The number of benzene rings is 1. The van der Waals surface area contributed by atoms with Gasteiger partial charge < -0.3 is 9.97 Å². The highest BCUT2D eigenvalue weighted by molar-refractivity contribution is 5.86. The van der Waals surface area contributed by atoms with Gasteiger partial charge in [0, 0.05) is 6.07 Å². The smallest absolute Gasteiger partial charge is 0.316 e. The highest BCUT2D eigenvalue weighted by Crippen LogP contribution is 2.40. The topological polar surface area (TPSA) is 109 Å². The van der Waals surface area contributed by atoms with Gasteiger partial charge in [0.25, 0.3) is 0 Å². The molecular formula is C9H3F4N3O4. The van der Waals surface area contributed by atoms with E-state index in [9.17, 15) is 37.3 Å². The summed E-state index contributed by atoms with van der Waals surface area (Å²) in [4.78, 5) is 34.7. The van der Waals surface area contributed by atoms with Crippen molar-refractivity contribution in [3.8, 4) is 0 Å². The molecule has 0 amide bonds. The molecule has 7 nitrogen and oxygen atoms in total. The van der Waals surface area contributed by atoms with Crippen LogP contribution in [0.25, 0.3) is 11.0 Å². The summed E-state index contributed by atoms with van der Waals surface area (Å²) in [5, 5.41) is 10.8. The molecule has 1 aromatic carbocycles.